The van der Waals surface area contributed by atoms with Crippen LogP contribution in [0.25, 0.3) is 0 Å². The first kappa shape index (κ1) is 14.7. The third-order valence-electron chi connectivity index (χ3n) is 2.91. The van der Waals surface area contributed by atoms with Crippen LogP contribution in [0.15, 0.2) is 48.5 Å². The largest absolute Gasteiger partial charge is 0.494 e. The summed E-state index contributed by atoms with van der Waals surface area (Å²) in [5, 5.41) is 11.9. The van der Waals surface area contributed by atoms with Crippen molar-refractivity contribution in [1.29, 1.82) is 5.26 Å². The van der Waals surface area contributed by atoms with Crippen LogP contribution in [-0.4, -0.2) is 13.2 Å². The number of hydrogen-bond donors (Lipinski definition) is 1. The van der Waals surface area contributed by atoms with Gasteiger partial charge in [-0.1, -0.05) is 18.2 Å². The SMILES string of the molecule is CCOc1ccc(NCc2ccccc2OCC#N)cc1. The van der Waals surface area contributed by atoms with Gasteiger partial charge in [-0.05, 0) is 37.3 Å². The van der Waals surface area contributed by atoms with Crippen LogP contribution >= 0.6 is 0 Å². The molecule has 21 heavy (non-hydrogen) atoms. The maximum atomic E-state index is 8.59. The topological polar surface area (TPSA) is 54.3 Å². The maximum Gasteiger partial charge on any atom is 0.174 e. The number of ether oxygens (including phenoxy) is 2. The van der Waals surface area contributed by atoms with E-state index in [0.29, 0.717) is 13.2 Å². The Morgan fingerprint density at radius 2 is 1.81 bits per heavy atom. The highest BCUT2D eigenvalue weighted by atomic mass is 16.5. The summed E-state index contributed by atoms with van der Waals surface area (Å²) < 4.78 is 10.8. The number of benzene rings is 2. The lowest BCUT2D eigenvalue weighted by Gasteiger charge is -2.11. The van der Waals surface area contributed by atoms with Crippen LogP contribution in [0.4, 0.5) is 5.69 Å². The molecule has 0 aliphatic heterocycles. The molecule has 0 aliphatic carbocycles. The molecule has 0 fully saturated rings. The molecular formula is C17H18N2O2. The van der Waals surface area contributed by atoms with Gasteiger partial charge in [0.1, 0.15) is 17.6 Å². The molecule has 2 aromatic carbocycles. The fraction of sp³-hybridized carbons (Fsp3) is 0.235. The Hall–Kier alpha value is -2.67. The summed E-state index contributed by atoms with van der Waals surface area (Å²) in [7, 11) is 0. The van der Waals surface area contributed by atoms with Crippen LogP contribution < -0.4 is 14.8 Å². The van der Waals surface area contributed by atoms with Crippen LogP contribution in [-0.2, 0) is 6.54 Å². The molecule has 0 atom stereocenters. The monoisotopic (exact) mass is 282 g/mol. The minimum Gasteiger partial charge on any atom is -0.494 e. The summed E-state index contributed by atoms with van der Waals surface area (Å²) in [6.45, 7) is 3.32. The van der Waals surface area contributed by atoms with Crippen LogP contribution in [0.2, 0.25) is 0 Å². The van der Waals surface area contributed by atoms with Crippen LogP contribution in [0.1, 0.15) is 12.5 Å². The van der Waals surface area contributed by atoms with Crippen LogP contribution in [0.5, 0.6) is 11.5 Å². The lowest BCUT2D eigenvalue weighted by molar-refractivity contribution is 0.340. The molecule has 0 saturated carbocycles. The van der Waals surface area contributed by atoms with Crippen molar-refractivity contribution >= 4 is 5.69 Å². The van der Waals surface area contributed by atoms with E-state index in [2.05, 4.69) is 5.32 Å². The molecule has 4 heteroatoms. The molecule has 0 saturated heterocycles. The van der Waals surface area contributed by atoms with Gasteiger partial charge < -0.3 is 14.8 Å². The first-order valence-corrected chi connectivity index (χ1v) is 6.88. The van der Waals surface area contributed by atoms with Gasteiger partial charge in [0, 0.05) is 17.8 Å². The Morgan fingerprint density at radius 3 is 2.52 bits per heavy atom. The summed E-state index contributed by atoms with van der Waals surface area (Å²) in [6, 6.07) is 17.5. The molecule has 0 spiro atoms. The standard InChI is InChI=1S/C17H18N2O2/c1-2-20-16-9-7-15(8-10-16)19-13-14-5-3-4-6-17(14)21-12-11-18/h3-10,19H,2,12-13H2,1H3. The van der Waals surface area contributed by atoms with Crippen molar-refractivity contribution in [2.24, 2.45) is 0 Å². The molecule has 2 aromatic rings. The lowest BCUT2D eigenvalue weighted by Crippen LogP contribution is -2.03. The van der Waals surface area contributed by atoms with E-state index in [1.807, 2.05) is 61.5 Å². The Kier molecular flexibility index (Phi) is 5.48. The van der Waals surface area contributed by atoms with E-state index in [1.54, 1.807) is 0 Å². The van der Waals surface area contributed by atoms with Crippen LogP contribution in [0.3, 0.4) is 0 Å². The van der Waals surface area contributed by atoms with Gasteiger partial charge in [-0.25, -0.2) is 0 Å². The van der Waals surface area contributed by atoms with Crippen molar-refractivity contribution in [2.75, 3.05) is 18.5 Å². The van der Waals surface area contributed by atoms with Gasteiger partial charge in [0.2, 0.25) is 0 Å². The normalized spacial score (nSPS) is 9.71. The van der Waals surface area contributed by atoms with E-state index in [9.17, 15) is 0 Å². The fourth-order valence-corrected chi connectivity index (χ4v) is 1.93. The van der Waals surface area contributed by atoms with E-state index >= 15 is 0 Å². The quantitative estimate of drug-likeness (QED) is 0.843. The van der Waals surface area contributed by atoms with Gasteiger partial charge >= 0.3 is 0 Å². The third kappa shape index (κ3) is 4.43. The van der Waals surface area contributed by atoms with Crippen molar-refractivity contribution < 1.29 is 9.47 Å². The Bertz CT molecular complexity index is 603. The molecule has 0 aliphatic rings. The van der Waals surface area contributed by atoms with Crippen molar-refractivity contribution in [3.05, 3.63) is 54.1 Å². The Labute approximate surface area is 124 Å². The molecule has 1 N–H and O–H groups in total. The third-order valence-corrected chi connectivity index (χ3v) is 2.91. The average Bonchev–Trinajstić information content (AvgIpc) is 2.53. The van der Waals surface area contributed by atoms with Crippen molar-refractivity contribution in [2.45, 2.75) is 13.5 Å². The van der Waals surface area contributed by atoms with Gasteiger partial charge in [-0.3, -0.25) is 0 Å². The van der Waals surface area contributed by atoms with E-state index in [4.69, 9.17) is 14.7 Å². The molecule has 0 radical (unpaired) electrons. The van der Waals surface area contributed by atoms with Crippen molar-refractivity contribution in [3.63, 3.8) is 0 Å². The number of nitriles is 1. The second-order valence-electron chi connectivity index (χ2n) is 4.37. The summed E-state index contributed by atoms with van der Waals surface area (Å²) in [5.41, 5.74) is 2.02. The molecule has 2 rings (SSSR count). The highest BCUT2D eigenvalue weighted by Gasteiger charge is 2.03. The lowest BCUT2D eigenvalue weighted by atomic mass is 10.2. The number of nitrogens with one attached hydrogen (secondary N) is 1. The van der Waals surface area contributed by atoms with Gasteiger partial charge in [0.05, 0.1) is 6.61 Å². The second-order valence-corrected chi connectivity index (χ2v) is 4.37. The summed E-state index contributed by atoms with van der Waals surface area (Å²) in [5.74, 6) is 1.60. The average molecular weight is 282 g/mol. The fourth-order valence-electron chi connectivity index (χ4n) is 1.93. The summed E-state index contributed by atoms with van der Waals surface area (Å²) in [6.07, 6.45) is 0. The number of rotatable bonds is 7. The molecule has 0 bridgehead atoms. The number of para-hydroxylation sites is 1. The van der Waals surface area contributed by atoms with Gasteiger partial charge in [-0.2, -0.15) is 5.26 Å². The molecule has 4 nitrogen and oxygen atoms in total. The van der Waals surface area contributed by atoms with Gasteiger partial charge in [-0.15, -0.1) is 0 Å². The van der Waals surface area contributed by atoms with Crippen molar-refractivity contribution in [3.8, 4) is 17.6 Å². The summed E-state index contributed by atoms with van der Waals surface area (Å²) in [4.78, 5) is 0. The first-order chi connectivity index (χ1) is 10.3. The van der Waals surface area contributed by atoms with Gasteiger partial charge in [0.25, 0.3) is 0 Å². The molecular weight excluding hydrogens is 264 g/mol. The zero-order chi connectivity index (χ0) is 14.9. The Morgan fingerprint density at radius 1 is 1.05 bits per heavy atom. The van der Waals surface area contributed by atoms with E-state index in [0.717, 1.165) is 22.7 Å². The second kappa shape index (κ2) is 7.81. The number of nitrogens with zero attached hydrogens (tertiary/aromatic N) is 1. The highest BCUT2D eigenvalue weighted by Crippen LogP contribution is 2.21. The van der Waals surface area contributed by atoms with Crippen molar-refractivity contribution in [1.82, 2.24) is 0 Å². The molecule has 108 valence electrons. The highest BCUT2D eigenvalue weighted by molar-refractivity contribution is 5.47. The smallest absolute Gasteiger partial charge is 0.174 e. The molecule has 0 aromatic heterocycles. The summed E-state index contributed by atoms with van der Waals surface area (Å²) >= 11 is 0. The predicted octanol–water partition coefficient (Wildman–Crippen LogP) is 3.60. The van der Waals surface area contributed by atoms with Crippen LogP contribution in [0, 0.1) is 11.3 Å². The van der Waals surface area contributed by atoms with E-state index in [-0.39, 0.29) is 6.61 Å². The number of hydrogen-bond acceptors (Lipinski definition) is 4. The van der Waals surface area contributed by atoms with Gasteiger partial charge in [0.15, 0.2) is 6.61 Å². The molecule has 0 heterocycles. The number of anilines is 1. The Balaban J connectivity index is 1.98. The van der Waals surface area contributed by atoms with E-state index < -0.39 is 0 Å². The predicted molar refractivity (Wildman–Crippen MR) is 82.5 cm³/mol. The zero-order valence-corrected chi connectivity index (χ0v) is 12.0. The van der Waals surface area contributed by atoms with E-state index in [1.165, 1.54) is 0 Å². The minimum absolute atomic E-state index is 0.0556. The minimum atomic E-state index is 0.0556. The maximum absolute atomic E-state index is 8.59. The molecule has 0 unspecified atom stereocenters. The first-order valence-electron chi connectivity index (χ1n) is 6.88. The molecule has 0 amide bonds. The zero-order valence-electron chi connectivity index (χ0n) is 12.0.